The van der Waals surface area contributed by atoms with E-state index in [1.165, 1.54) is 29.7 Å². The van der Waals surface area contributed by atoms with E-state index in [-0.39, 0.29) is 0 Å². The van der Waals surface area contributed by atoms with Crippen LogP contribution < -0.4 is 5.32 Å². The molecule has 1 saturated heterocycles. The van der Waals surface area contributed by atoms with Crippen molar-refractivity contribution in [1.82, 2.24) is 5.32 Å². The van der Waals surface area contributed by atoms with Crippen molar-refractivity contribution in [3.8, 4) is 0 Å². The van der Waals surface area contributed by atoms with Gasteiger partial charge in [0.2, 0.25) is 0 Å². The molecule has 0 aromatic carbocycles. The first-order valence-electron chi connectivity index (χ1n) is 5.71. The third-order valence-electron chi connectivity index (χ3n) is 2.90. The van der Waals surface area contributed by atoms with Gasteiger partial charge in [-0.1, -0.05) is 0 Å². The summed E-state index contributed by atoms with van der Waals surface area (Å²) in [6.07, 6.45) is 4.22. The Hall–Kier alpha value is -0.380. The van der Waals surface area contributed by atoms with E-state index < -0.39 is 0 Å². The second-order valence-electron chi connectivity index (χ2n) is 4.15. The summed E-state index contributed by atoms with van der Waals surface area (Å²) in [5, 5.41) is 5.64. The summed E-state index contributed by atoms with van der Waals surface area (Å²) in [7, 11) is 0. The molecule has 1 aliphatic heterocycles. The molecule has 1 unspecified atom stereocenters. The molecule has 2 heterocycles. The fraction of sp³-hybridized carbons (Fsp3) is 0.667. The molecular weight excluding hydrogens is 206 g/mol. The van der Waals surface area contributed by atoms with E-state index in [9.17, 15) is 0 Å². The lowest BCUT2D eigenvalue weighted by atomic mass is 10.1. The Balaban J connectivity index is 1.68. The average Bonchev–Trinajstić information content (AvgIpc) is 2.66. The highest BCUT2D eigenvalue weighted by molar-refractivity contribution is 7.10. The van der Waals surface area contributed by atoms with Crippen LogP contribution in [0.3, 0.4) is 0 Å². The van der Waals surface area contributed by atoms with Gasteiger partial charge in [-0.15, -0.1) is 11.3 Å². The zero-order chi connectivity index (χ0) is 10.5. The third kappa shape index (κ3) is 3.30. The zero-order valence-electron chi connectivity index (χ0n) is 9.29. The number of hydrogen-bond acceptors (Lipinski definition) is 3. The molecular formula is C12H19NOS. The minimum atomic E-state index is 0.444. The van der Waals surface area contributed by atoms with Gasteiger partial charge in [0.05, 0.1) is 6.10 Å². The van der Waals surface area contributed by atoms with Crippen molar-refractivity contribution < 1.29 is 4.74 Å². The minimum absolute atomic E-state index is 0.444. The molecule has 1 aliphatic rings. The summed E-state index contributed by atoms with van der Waals surface area (Å²) in [6.45, 7) is 5.11. The van der Waals surface area contributed by atoms with E-state index in [2.05, 4.69) is 23.7 Å². The van der Waals surface area contributed by atoms with E-state index >= 15 is 0 Å². The Kier molecular flexibility index (Phi) is 4.18. The van der Waals surface area contributed by atoms with Gasteiger partial charge in [0.1, 0.15) is 0 Å². The van der Waals surface area contributed by atoms with Crippen LogP contribution in [-0.4, -0.2) is 19.3 Å². The molecule has 0 bridgehead atoms. The molecule has 2 rings (SSSR count). The maximum absolute atomic E-state index is 5.67. The highest BCUT2D eigenvalue weighted by atomic mass is 32.1. The van der Waals surface area contributed by atoms with Gasteiger partial charge >= 0.3 is 0 Å². The Morgan fingerprint density at radius 2 is 2.47 bits per heavy atom. The highest BCUT2D eigenvalue weighted by Crippen LogP contribution is 2.15. The molecule has 0 radical (unpaired) electrons. The van der Waals surface area contributed by atoms with Crippen LogP contribution in [0.5, 0.6) is 0 Å². The molecule has 1 aromatic rings. The predicted octanol–water partition coefficient (Wildman–Crippen LogP) is 2.72. The minimum Gasteiger partial charge on any atom is -0.377 e. The lowest BCUT2D eigenvalue weighted by molar-refractivity contribution is 0.0168. The Morgan fingerprint density at radius 1 is 1.53 bits per heavy atom. The number of hydrogen-bond donors (Lipinski definition) is 1. The number of ether oxygens (including phenoxy) is 1. The van der Waals surface area contributed by atoms with Gasteiger partial charge in [-0.05, 0) is 43.2 Å². The van der Waals surface area contributed by atoms with Gasteiger partial charge in [-0.3, -0.25) is 0 Å². The van der Waals surface area contributed by atoms with E-state index in [0.717, 1.165) is 19.7 Å². The molecule has 0 spiro atoms. The lowest BCUT2D eigenvalue weighted by Gasteiger charge is -2.22. The van der Waals surface area contributed by atoms with Crippen molar-refractivity contribution >= 4 is 11.3 Å². The summed E-state index contributed by atoms with van der Waals surface area (Å²) >= 11 is 1.83. The first kappa shape index (κ1) is 11.1. The molecule has 0 amide bonds. The van der Waals surface area contributed by atoms with Crippen LogP contribution in [-0.2, 0) is 11.3 Å². The monoisotopic (exact) mass is 225 g/mol. The largest absolute Gasteiger partial charge is 0.377 e. The molecule has 84 valence electrons. The van der Waals surface area contributed by atoms with Crippen LogP contribution in [0.1, 0.15) is 29.7 Å². The Bertz CT molecular complexity index is 292. The van der Waals surface area contributed by atoms with Crippen LogP contribution >= 0.6 is 11.3 Å². The van der Waals surface area contributed by atoms with Gasteiger partial charge in [-0.2, -0.15) is 0 Å². The molecule has 1 aromatic heterocycles. The third-order valence-corrected chi connectivity index (χ3v) is 3.92. The van der Waals surface area contributed by atoms with Crippen molar-refractivity contribution in [2.45, 2.75) is 38.8 Å². The van der Waals surface area contributed by atoms with Crippen molar-refractivity contribution in [1.29, 1.82) is 0 Å². The fourth-order valence-electron chi connectivity index (χ4n) is 1.90. The van der Waals surface area contributed by atoms with Crippen LogP contribution in [0, 0.1) is 6.92 Å². The number of thiophene rings is 1. The standard InChI is InChI=1S/C12H19NOS/c1-10-5-7-15-12(10)9-13-8-11-4-2-3-6-14-11/h5,7,11,13H,2-4,6,8-9H2,1H3. The van der Waals surface area contributed by atoms with Gasteiger partial charge in [0.25, 0.3) is 0 Å². The van der Waals surface area contributed by atoms with Crippen LogP contribution in [0.15, 0.2) is 11.4 Å². The maximum atomic E-state index is 5.67. The predicted molar refractivity (Wildman–Crippen MR) is 64.4 cm³/mol. The molecule has 1 N–H and O–H groups in total. The SMILES string of the molecule is Cc1ccsc1CNCC1CCCCO1. The molecule has 1 fully saturated rings. The van der Waals surface area contributed by atoms with E-state index in [1.54, 1.807) is 0 Å². The van der Waals surface area contributed by atoms with E-state index in [1.807, 2.05) is 11.3 Å². The maximum Gasteiger partial charge on any atom is 0.0699 e. The summed E-state index contributed by atoms with van der Waals surface area (Å²) in [5.74, 6) is 0. The zero-order valence-corrected chi connectivity index (χ0v) is 10.1. The number of rotatable bonds is 4. The molecule has 2 nitrogen and oxygen atoms in total. The lowest BCUT2D eigenvalue weighted by Crippen LogP contribution is -2.31. The van der Waals surface area contributed by atoms with Crippen molar-refractivity contribution in [3.05, 3.63) is 21.9 Å². The van der Waals surface area contributed by atoms with Crippen molar-refractivity contribution in [3.63, 3.8) is 0 Å². The van der Waals surface area contributed by atoms with Gasteiger partial charge in [0.15, 0.2) is 0 Å². The van der Waals surface area contributed by atoms with Crippen LogP contribution in [0.25, 0.3) is 0 Å². The summed E-state index contributed by atoms with van der Waals surface area (Å²) in [5.41, 5.74) is 1.40. The molecule has 0 aliphatic carbocycles. The van der Waals surface area contributed by atoms with Gasteiger partial charge < -0.3 is 10.1 Å². The average molecular weight is 225 g/mol. The normalized spacial score (nSPS) is 21.8. The Labute approximate surface area is 95.6 Å². The fourth-order valence-corrected chi connectivity index (χ4v) is 2.78. The van der Waals surface area contributed by atoms with Crippen molar-refractivity contribution in [2.24, 2.45) is 0 Å². The summed E-state index contributed by atoms with van der Waals surface area (Å²) < 4.78 is 5.67. The first-order valence-corrected chi connectivity index (χ1v) is 6.59. The first-order chi connectivity index (χ1) is 7.36. The number of nitrogens with one attached hydrogen (secondary N) is 1. The second kappa shape index (κ2) is 5.64. The molecule has 1 atom stereocenters. The molecule has 0 saturated carbocycles. The smallest absolute Gasteiger partial charge is 0.0699 e. The second-order valence-corrected chi connectivity index (χ2v) is 5.15. The van der Waals surface area contributed by atoms with E-state index in [4.69, 9.17) is 4.74 Å². The van der Waals surface area contributed by atoms with E-state index in [0.29, 0.717) is 6.10 Å². The Morgan fingerprint density at radius 3 is 3.13 bits per heavy atom. The van der Waals surface area contributed by atoms with Crippen LogP contribution in [0.4, 0.5) is 0 Å². The molecule has 15 heavy (non-hydrogen) atoms. The topological polar surface area (TPSA) is 21.3 Å². The summed E-state index contributed by atoms with van der Waals surface area (Å²) in [6, 6.07) is 2.18. The van der Waals surface area contributed by atoms with Crippen molar-refractivity contribution in [2.75, 3.05) is 13.2 Å². The number of aryl methyl sites for hydroxylation is 1. The van der Waals surface area contributed by atoms with Gasteiger partial charge in [-0.25, -0.2) is 0 Å². The van der Waals surface area contributed by atoms with Gasteiger partial charge in [0, 0.05) is 24.6 Å². The summed E-state index contributed by atoms with van der Waals surface area (Å²) in [4.78, 5) is 1.45. The quantitative estimate of drug-likeness (QED) is 0.850. The highest BCUT2D eigenvalue weighted by Gasteiger charge is 2.12. The molecule has 3 heteroatoms. The van der Waals surface area contributed by atoms with Crippen LogP contribution in [0.2, 0.25) is 0 Å².